The van der Waals surface area contributed by atoms with Crippen LogP contribution in [0, 0.1) is 0 Å². The van der Waals surface area contributed by atoms with Gasteiger partial charge < -0.3 is 9.47 Å². The van der Waals surface area contributed by atoms with Crippen LogP contribution < -0.4 is 0 Å². The summed E-state index contributed by atoms with van der Waals surface area (Å²) in [7, 11) is 0. The van der Waals surface area contributed by atoms with E-state index in [0.717, 1.165) is 11.1 Å². The standard InChI is InChI=1S/C20H16O4/c21-18-10-5-11-23-19(18)20(22)24-12-17-15-8-3-1-6-13(15)14-7-2-4-9-16(14)17/h1-9,11,17,19H,10,12H2. The molecule has 120 valence electrons. The Hall–Kier alpha value is -2.88. The number of ketones is 1. The van der Waals surface area contributed by atoms with Crippen LogP contribution >= 0.6 is 0 Å². The highest BCUT2D eigenvalue weighted by atomic mass is 16.6. The van der Waals surface area contributed by atoms with Gasteiger partial charge in [0.1, 0.15) is 6.61 Å². The van der Waals surface area contributed by atoms with Crippen molar-refractivity contribution in [3.63, 3.8) is 0 Å². The van der Waals surface area contributed by atoms with E-state index in [9.17, 15) is 9.59 Å². The maximum Gasteiger partial charge on any atom is 0.355 e. The molecule has 0 amide bonds. The van der Waals surface area contributed by atoms with E-state index in [1.165, 1.54) is 17.4 Å². The average Bonchev–Trinajstić information content (AvgIpc) is 2.94. The van der Waals surface area contributed by atoms with E-state index in [-0.39, 0.29) is 24.7 Å². The predicted octanol–water partition coefficient (Wildman–Crippen LogP) is 3.21. The minimum absolute atomic E-state index is 0.0180. The van der Waals surface area contributed by atoms with E-state index in [4.69, 9.17) is 9.47 Å². The zero-order chi connectivity index (χ0) is 16.5. The van der Waals surface area contributed by atoms with E-state index < -0.39 is 12.1 Å². The number of esters is 1. The first-order chi connectivity index (χ1) is 11.8. The van der Waals surface area contributed by atoms with Crippen molar-refractivity contribution >= 4 is 11.8 Å². The number of allylic oxidation sites excluding steroid dienone is 1. The van der Waals surface area contributed by atoms with Gasteiger partial charge in [-0.3, -0.25) is 4.79 Å². The van der Waals surface area contributed by atoms with E-state index in [2.05, 4.69) is 24.3 Å². The first-order valence-electron chi connectivity index (χ1n) is 7.94. The Morgan fingerprint density at radius 2 is 1.67 bits per heavy atom. The fraction of sp³-hybridized carbons (Fsp3) is 0.200. The van der Waals surface area contributed by atoms with Gasteiger partial charge in [0.05, 0.1) is 6.26 Å². The Balaban J connectivity index is 1.56. The summed E-state index contributed by atoms with van der Waals surface area (Å²) >= 11 is 0. The molecule has 0 saturated carbocycles. The van der Waals surface area contributed by atoms with Crippen LogP contribution in [0.25, 0.3) is 11.1 Å². The van der Waals surface area contributed by atoms with Crippen LogP contribution in [0.1, 0.15) is 23.5 Å². The monoisotopic (exact) mass is 320 g/mol. The fourth-order valence-corrected chi connectivity index (χ4v) is 3.35. The number of Topliss-reactive ketones (excluding diaryl/α,β-unsaturated/α-hetero) is 1. The van der Waals surface area contributed by atoms with Crippen molar-refractivity contribution in [3.05, 3.63) is 72.0 Å². The molecule has 24 heavy (non-hydrogen) atoms. The number of carbonyl (C=O) groups is 2. The zero-order valence-electron chi connectivity index (χ0n) is 13.0. The molecule has 4 rings (SSSR count). The van der Waals surface area contributed by atoms with Crippen LogP contribution in [0.3, 0.4) is 0 Å². The van der Waals surface area contributed by atoms with Crippen molar-refractivity contribution in [1.29, 1.82) is 0 Å². The summed E-state index contributed by atoms with van der Waals surface area (Å²) in [6.45, 7) is 0.198. The van der Waals surface area contributed by atoms with Gasteiger partial charge in [0, 0.05) is 12.3 Å². The summed E-state index contributed by atoms with van der Waals surface area (Å²) in [5, 5.41) is 0. The lowest BCUT2D eigenvalue weighted by molar-refractivity contribution is -0.158. The summed E-state index contributed by atoms with van der Waals surface area (Å²) < 4.78 is 10.5. The average molecular weight is 320 g/mol. The van der Waals surface area contributed by atoms with E-state index in [1.807, 2.05) is 24.3 Å². The van der Waals surface area contributed by atoms with Crippen LogP contribution in [0.5, 0.6) is 0 Å². The highest BCUT2D eigenvalue weighted by molar-refractivity contribution is 6.03. The molecule has 0 saturated heterocycles. The van der Waals surface area contributed by atoms with Crippen molar-refractivity contribution in [1.82, 2.24) is 0 Å². The molecule has 0 spiro atoms. The molecule has 2 aliphatic rings. The number of hydrogen-bond acceptors (Lipinski definition) is 4. The summed E-state index contributed by atoms with van der Waals surface area (Å²) in [6, 6.07) is 16.2. The molecule has 1 unspecified atom stereocenters. The lowest BCUT2D eigenvalue weighted by atomic mass is 9.98. The van der Waals surface area contributed by atoms with Crippen LogP contribution in [0.15, 0.2) is 60.9 Å². The molecule has 1 atom stereocenters. The molecule has 0 radical (unpaired) electrons. The second-order valence-electron chi connectivity index (χ2n) is 5.92. The lowest BCUT2D eigenvalue weighted by Gasteiger charge is -2.19. The summed E-state index contributed by atoms with van der Waals surface area (Å²) in [5.41, 5.74) is 4.62. The molecule has 2 aromatic rings. The SMILES string of the molecule is O=C1CC=COC1C(=O)OCC1c2ccccc2-c2ccccc21. The number of rotatable bonds is 3. The second-order valence-corrected chi connectivity index (χ2v) is 5.92. The zero-order valence-corrected chi connectivity index (χ0v) is 13.0. The minimum atomic E-state index is -1.14. The third-order valence-corrected chi connectivity index (χ3v) is 4.49. The van der Waals surface area contributed by atoms with Crippen LogP contribution in [-0.4, -0.2) is 24.5 Å². The lowest BCUT2D eigenvalue weighted by Crippen LogP contribution is -2.35. The first-order valence-corrected chi connectivity index (χ1v) is 7.94. The van der Waals surface area contributed by atoms with Gasteiger partial charge >= 0.3 is 5.97 Å². The van der Waals surface area contributed by atoms with Crippen molar-refractivity contribution in [2.75, 3.05) is 6.61 Å². The van der Waals surface area contributed by atoms with Gasteiger partial charge in [-0.15, -0.1) is 0 Å². The largest absolute Gasteiger partial charge is 0.479 e. The van der Waals surface area contributed by atoms with Gasteiger partial charge in [0.2, 0.25) is 0 Å². The molecule has 1 aliphatic carbocycles. The van der Waals surface area contributed by atoms with Gasteiger partial charge in [0.15, 0.2) is 5.78 Å². The Morgan fingerprint density at radius 3 is 2.29 bits per heavy atom. The van der Waals surface area contributed by atoms with Crippen molar-refractivity contribution in [2.45, 2.75) is 18.4 Å². The molecule has 0 fully saturated rings. The number of ether oxygens (including phenoxy) is 2. The molecule has 0 N–H and O–H groups in total. The number of fused-ring (bicyclic) bond motifs is 3. The van der Waals surface area contributed by atoms with Crippen molar-refractivity contribution in [3.8, 4) is 11.1 Å². The Morgan fingerprint density at radius 1 is 1.04 bits per heavy atom. The molecular formula is C20H16O4. The van der Waals surface area contributed by atoms with Crippen molar-refractivity contribution < 1.29 is 19.1 Å². The van der Waals surface area contributed by atoms with Crippen molar-refractivity contribution in [2.24, 2.45) is 0 Å². The Kier molecular flexibility index (Phi) is 3.65. The highest BCUT2D eigenvalue weighted by Gasteiger charge is 2.33. The summed E-state index contributed by atoms with van der Waals surface area (Å²) in [6.07, 6.45) is 2.04. The van der Waals surface area contributed by atoms with E-state index in [0.29, 0.717) is 0 Å². The number of benzene rings is 2. The highest BCUT2D eigenvalue weighted by Crippen LogP contribution is 2.44. The quantitative estimate of drug-likeness (QED) is 0.644. The van der Waals surface area contributed by atoms with E-state index >= 15 is 0 Å². The maximum absolute atomic E-state index is 12.2. The van der Waals surface area contributed by atoms with Crippen LogP contribution in [0.2, 0.25) is 0 Å². The molecule has 4 heteroatoms. The first kappa shape index (κ1) is 14.7. The third-order valence-electron chi connectivity index (χ3n) is 4.49. The third kappa shape index (κ3) is 2.40. The van der Waals surface area contributed by atoms with Crippen LogP contribution in [-0.2, 0) is 19.1 Å². The molecule has 1 aliphatic heterocycles. The molecule has 4 nitrogen and oxygen atoms in total. The number of hydrogen-bond donors (Lipinski definition) is 0. The fourth-order valence-electron chi connectivity index (χ4n) is 3.35. The van der Waals surface area contributed by atoms with Crippen LogP contribution in [0.4, 0.5) is 0 Å². The minimum Gasteiger partial charge on any atom is -0.479 e. The van der Waals surface area contributed by atoms with Gasteiger partial charge in [-0.25, -0.2) is 4.79 Å². The Labute approximate surface area is 139 Å². The van der Waals surface area contributed by atoms with E-state index in [1.54, 1.807) is 6.08 Å². The predicted molar refractivity (Wildman–Crippen MR) is 88.3 cm³/mol. The smallest absolute Gasteiger partial charge is 0.355 e. The molecule has 0 bridgehead atoms. The Bertz CT molecular complexity index is 792. The van der Waals surface area contributed by atoms with Gasteiger partial charge in [0.25, 0.3) is 6.10 Å². The molecule has 0 aromatic heterocycles. The topological polar surface area (TPSA) is 52.6 Å². The van der Waals surface area contributed by atoms with Gasteiger partial charge in [-0.1, -0.05) is 48.5 Å². The summed E-state index contributed by atoms with van der Waals surface area (Å²) in [5.74, 6) is -0.906. The molecule has 1 heterocycles. The maximum atomic E-state index is 12.2. The number of carbonyl (C=O) groups excluding carboxylic acids is 2. The summed E-state index contributed by atoms with van der Waals surface area (Å²) in [4.78, 5) is 23.9. The molecular weight excluding hydrogens is 304 g/mol. The van der Waals surface area contributed by atoms with Gasteiger partial charge in [-0.2, -0.15) is 0 Å². The van der Waals surface area contributed by atoms with Gasteiger partial charge in [-0.05, 0) is 28.3 Å². The molecule has 2 aromatic carbocycles. The normalized spacial score (nSPS) is 18.7. The second kappa shape index (κ2) is 5.96.